The van der Waals surface area contributed by atoms with Gasteiger partial charge >= 0.3 is 5.97 Å². The number of carbonyl (C=O) groups is 2. The molecular formula is C15H20N2O4. The molecule has 0 saturated carbocycles. The average molecular weight is 292 g/mol. The summed E-state index contributed by atoms with van der Waals surface area (Å²) >= 11 is 0. The fourth-order valence-electron chi connectivity index (χ4n) is 2.48. The van der Waals surface area contributed by atoms with Crippen molar-refractivity contribution in [2.75, 3.05) is 19.7 Å². The molecule has 21 heavy (non-hydrogen) atoms. The third-order valence-electron chi connectivity index (χ3n) is 3.68. The van der Waals surface area contributed by atoms with Gasteiger partial charge in [-0.2, -0.15) is 0 Å². The molecule has 1 aliphatic heterocycles. The molecule has 1 aromatic heterocycles. The van der Waals surface area contributed by atoms with Crippen LogP contribution in [0.4, 0.5) is 0 Å². The van der Waals surface area contributed by atoms with Gasteiger partial charge in [-0.25, -0.2) is 0 Å². The maximum Gasteiger partial charge on any atom is 0.310 e. The summed E-state index contributed by atoms with van der Waals surface area (Å²) in [6.45, 7) is 3.07. The fraction of sp³-hybridized carbons (Fsp3) is 0.533. The highest BCUT2D eigenvalue weighted by Crippen LogP contribution is 2.19. The number of aryl methyl sites for hydroxylation is 1. The first kappa shape index (κ1) is 15.3. The molecule has 6 heteroatoms. The lowest BCUT2D eigenvalue weighted by molar-refractivity contribution is -0.149. The van der Waals surface area contributed by atoms with Crippen molar-refractivity contribution in [2.24, 2.45) is 13.0 Å². The molecule has 1 amide bonds. The molecule has 1 aromatic rings. The third-order valence-corrected chi connectivity index (χ3v) is 3.68. The molecule has 6 nitrogen and oxygen atoms in total. The Morgan fingerprint density at radius 3 is 2.86 bits per heavy atom. The van der Waals surface area contributed by atoms with Crippen LogP contribution in [0.3, 0.4) is 0 Å². The second-order valence-corrected chi connectivity index (χ2v) is 5.21. The zero-order valence-corrected chi connectivity index (χ0v) is 12.4. The smallest absolute Gasteiger partial charge is 0.310 e. The first-order valence-electron chi connectivity index (χ1n) is 7.15. The van der Waals surface area contributed by atoms with Gasteiger partial charge in [-0.15, -0.1) is 0 Å². The summed E-state index contributed by atoms with van der Waals surface area (Å²) in [6, 6.07) is 2.95. The molecule has 114 valence electrons. The number of pyridine rings is 1. The number of aromatic nitrogens is 1. The molecular weight excluding hydrogens is 272 g/mol. The molecule has 0 unspecified atom stereocenters. The van der Waals surface area contributed by atoms with Crippen molar-refractivity contribution in [3.05, 3.63) is 34.2 Å². The summed E-state index contributed by atoms with van der Waals surface area (Å²) in [5, 5.41) is 0. The Kier molecular flexibility index (Phi) is 4.77. The first-order valence-corrected chi connectivity index (χ1v) is 7.15. The van der Waals surface area contributed by atoms with Crippen molar-refractivity contribution >= 4 is 11.9 Å². The maximum atomic E-state index is 12.4. The summed E-state index contributed by atoms with van der Waals surface area (Å²) in [5.74, 6) is -0.727. The minimum Gasteiger partial charge on any atom is -0.466 e. The predicted octanol–water partition coefficient (Wildman–Crippen LogP) is 0.801. The number of hydrogen-bond acceptors (Lipinski definition) is 4. The van der Waals surface area contributed by atoms with Crippen LogP contribution >= 0.6 is 0 Å². The highest BCUT2D eigenvalue weighted by molar-refractivity contribution is 5.94. The molecule has 0 spiro atoms. The summed E-state index contributed by atoms with van der Waals surface area (Å²) in [5.41, 5.74) is 0.141. The maximum absolute atomic E-state index is 12.4. The van der Waals surface area contributed by atoms with Gasteiger partial charge in [0.1, 0.15) is 0 Å². The largest absolute Gasteiger partial charge is 0.466 e. The Hall–Kier alpha value is -2.11. The van der Waals surface area contributed by atoms with Crippen LogP contribution < -0.4 is 5.56 Å². The van der Waals surface area contributed by atoms with Gasteiger partial charge in [0.25, 0.3) is 11.5 Å². The van der Waals surface area contributed by atoms with E-state index >= 15 is 0 Å². The van der Waals surface area contributed by atoms with E-state index in [1.807, 2.05) is 0 Å². The molecule has 0 radical (unpaired) electrons. The molecule has 0 N–H and O–H groups in total. The van der Waals surface area contributed by atoms with E-state index in [-0.39, 0.29) is 23.4 Å². The normalized spacial score (nSPS) is 18.4. The van der Waals surface area contributed by atoms with Crippen LogP contribution in [-0.4, -0.2) is 41.0 Å². The topological polar surface area (TPSA) is 68.6 Å². The number of piperidine rings is 1. The standard InChI is InChI=1S/C15H20N2O4/c1-3-21-15(20)12-5-4-7-17(10-12)14(19)11-6-8-16(2)13(18)9-11/h6,8-9,12H,3-5,7,10H2,1-2H3/t12-/m0/s1. The van der Waals surface area contributed by atoms with Gasteiger partial charge in [0.05, 0.1) is 12.5 Å². The Balaban J connectivity index is 2.10. The van der Waals surface area contributed by atoms with Crippen molar-refractivity contribution < 1.29 is 14.3 Å². The van der Waals surface area contributed by atoms with Gasteiger partial charge in [-0.3, -0.25) is 14.4 Å². The molecule has 2 rings (SSSR count). The minimum atomic E-state index is -0.269. The van der Waals surface area contributed by atoms with Crippen LogP contribution in [0.2, 0.25) is 0 Å². The lowest BCUT2D eigenvalue weighted by Gasteiger charge is -2.31. The molecule has 2 heterocycles. The Morgan fingerprint density at radius 2 is 2.19 bits per heavy atom. The van der Waals surface area contributed by atoms with Crippen molar-refractivity contribution in [3.8, 4) is 0 Å². The highest BCUT2D eigenvalue weighted by Gasteiger charge is 2.29. The van der Waals surface area contributed by atoms with Gasteiger partial charge in [0.2, 0.25) is 0 Å². The number of ether oxygens (including phenoxy) is 1. The van der Waals surface area contributed by atoms with Crippen molar-refractivity contribution in [1.82, 2.24) is 9.47 Å². The SMILES string of the molecule is CCOC(=O)[C@H]1CCCN(C(=O)c2ccn(C)c(=O)c2)C1. The predicted molar refractivity (Wildman–Crippen MR) is 76.9 cm³/mol. The molecule has 0 aliphatic carbocycles. The molecule has 0 aromatic carbocycles. The van der Waals surface area contributed by atoms with Gasteiger partial charge in [-0.05, 0) is 25.8 Å². The van der Waals surface area contributed by atoms with Crippen LogP contribution in [0, 0.1) is 5.92 Å². The van der Waals surface area contributed by atoms with E-state index < -0.39 is 0 Å². The zero-order valence-electron chi connectivity index (χ0n) is 12.4. The molecule has 1 saturated heterocycles. The van der Waals surface area contributed by atoms with Crippen molar-refractivity contribution in [2.45, 2.75) is 19.8 Å². The number of likely N-dealkylation sites (tertiary alicyclic amines) is 1. The lowest BCUT2D eigenvalue weighted by Crippen LogP contribution is -2.43. The number of nitrogens with zero attached hydrogens (tertiary/aromatic N) is 2. The van der Waals surface area contributed by atoms with E-state index in [4.69, 9.17) is 4.74 Å². The van der Waals surface area contributed by atoms with Crippen LogP contribution in [0.25, 0.3) is 0 Å². The Labute approximate surface area is 123 Å². The molecule has 1 fully saturated rings. The number of esters is 1. The van der Waals surface area contributed by atoms with E-state index in [0.29, 0.717) is 25.3 Å². The first-order chi connectivity index (χ1) is 10.0. The van der Waals surface area contributed by atoms with E-state index in [9.17, 15) is 14.4 Å². The Bertz CT molecular complexity index is 594. The quantitative estimate of drug-likeness (QED) is 0.773. The highest BCUT2D eigenvalue weighted by atomic mass is 16.5. The summed E-state index contributed by atoms with van der Waals surface area (Å²) in [6.07, 6.45) is 3.07. The Morgan fingerprint density at radius 1 is 1.43 bits per heavy atom. The summed E-state index contributed by atoms with van der Waals surface area (Å²) < 4.78 is 6.43. The monoisotopic (exact) mass is 292 g/mol. The summed E-state index contributed by atoms with van der Waals surface area (Å²) in [4.78, 5) is 37.4. The second kappa shape index (κ2) is 6.56. The van der Waals surface area contributed by atoms with E-state index in [1.54, 1.807) is 31.1 Å². The van der Waals surface area contributed by atoms with Gasteiger partial charge < -0.3 is 14.2 Å². The van der Waals surface area contributed by atoms with Crippen LogP contribution in [0.5, 0.6) is 0 Å². The van der Waals surface area contributed by atoms with E-state index in [2.05, 4.69) is 0 Å². The lowest BCUT2D eigenvalue weighted by atomic mass is 9.97. The van der Waals surface area contributed by atoms with E-state index in [1.165, 1.54) is 10.6 Å². The van der Waals surface area contributed by atoms with Gasteiger partial charge in [0, 0.05) is 38.0 Å². The van der Waals surface area contributed by atoms with Crippen LogP contribution in [0.15, 0.2) is 23.1 Å². The zero-order chi connectivity index (χ0) is 15.4. The van der Waals surface area contributed by atoms with Gasteiger partial charge in [-0.1, -0.05) is 0 Å². The number of carbonyl (C=O) groups excluding carboxylic acids is 2. The summed E-state index contributed by atoms with van der Waals surface area (Å²) in [7, 11) is 1.63. The average Bonchev–Trinajstić information content (AvgIpc) is 2.49. The van der Waals surface area contributed by atoms with Gasteiger partial charge in [0.15, 0.2) is 0 Å². The number of hydrogen-bond donors (Lipinski definition) is 0. The second-order valence-electron chi connectivity index (χ2n) is 5.21. The molecule has 1 aliphatic rings. The fourth-order valence-corrected chi connectivity index (χ4v) is 2.48. The number of rotatable bonds is 3. The van der Waals surface area contributed by atoms with Crippen LogP contribution in [-0.2, 0) is 16.6 Å². The van der Waals surface area contributed by atoms with Crippen molar-refractivity contribution in [1.29, 1.82) is 0 Å². The van der Waals surface area contributed by atoms with Crippen LogP contribution in [0.1, 0.15) is 30.1 Å². The molecule has 0 bridgehead atoms. The minimum absolute atomic E-state index is 0.207. The molecule has 1 atom stereocenters. The third kappa shape index (κ3) is 3.51. The van der Waals surface area contributed by atoms with E-state index in [0.717, 1.165) is 12.8 Å². The number of amides is 1. The van der Waals surface area contributed by atoms with Crippen molar-refractivity contribution in [3.63, 3.8) is 0 Å².